The fraction of sp³-hybridized carbons (Fsp3) is 0. The van der Waals surface area contributed by atoms with Crippen molar-refractivity contribution in [2.75, 3.05) is 0 Å². The van der Waals surface area contributed by atoms with Gasteiger partial charge < -0.3 is 10.0 Å². The second-order valence-electron chi connectivity index (χ2n) is 2.65. The highest BCUT2D eigenvalue weighted by Gasteiger charge is 2.12. The van der Waals surface area contributed by atoms with Gasteiger partial charge in [-0.3, -0.25) is 9.97 Å². The molecule has 2 N–H and O–H groups in total. The maximum absolute atomic E-state index is 8.86. The fourth-order valence-corrected chi connectivity index (χ4v) is 1.12. The van der Waals surface area contributed by atoms with E-state index in [9.17, 15) is 0 Å². The van der Waals surface area contributed by atoms with Crippen LogP contribution in [0.3, 0.4) is 0 Å². The molecule has 4 nitrogen and oxygen atoms in total. The number of hydrogen-bond acceptors (Lipinski definition) is 4. The summed E-state index contributed by atoms with van der Waals surface area (Å²) in [6.07, 6.45) is 1.67. The number of fused-ring (bicyclic) bond motifs is 1. The molecule has 0 aliphatic carbocycles. The summed E-state index contributed by atoms with van der Waals surface area (Å²) < 4.78 is 0. The van der Waals surface area contributed by atoms with Crippen LogP contribution < -0.4 is 5.59 Å². The molecule has 0 aromatic carbocycles. The summed E-state index contributed by atoms with van der Waals surface area (Å²) in [4.78, 5) is 8.07. The molecule has 0 spiro atoms. The molecule has 0 bridgehead atoms. The van der Waals surface area contributed by atoms with Gasteiger partial charge in [0, 0.05) is 6.20 Å². The number of hydrogen-bond donors (Lipinski definition) is 2. The Bertz CT molecular complexity index is 433. The van der Waals surface area contributed by atoms with E-state index in [1.54, 1.807) is 30.5 Å². The monoisotopic (exact) mass is 174 g/mol. The van der Waals surface area contributed by atoms with Gasteiger partial charge in [0.2, 0.25) is 0 Å². The van der Waals surface area contributed by atoms with E-state index in [-0.39, 0.29) is 5.59 Å². The van der Waals surface area contributed by atoms with Crippen molar-refractivity contribution in [3.63, 3.8) is 0 Å². The van der Waals surface area contributed by atoms with Crippen molar-refractivity contribution >= 4 is 23.7 Å². The molecule has 2 aromatic rings. The topological polar surface area (TPSA) is 66.2 Å². The zero-order chi connectivity index (χ0) is 9.26. The van der Waals surface area contributed by atoms with E-state index in [2.05, 4.69) is 9.97 Å². The molecule has 0 radical (unpaired) electrons. The van der Waals surface area contributed by atoms with Crippen LogP contribution in [0.15, 0.2) is 30.5 Å². The minimum Gasteiger partial charge on any atom is -0.422 e. The highest BCUT2D eigenvalue weighted by atomic mass is 16.4. The Balaban J connectivity index is 2.62. The molecule has 13 heavy (non-hydrogen) atoms. The van der Waals surface area contributed by atoms with Gasteiger partial charge in [-0.15, -0.1) is 0 Å². The predicted octanol–water partition coefficient (Wildman–Crippen LogP) is -0.690. The molecular weight excluding hydrogens is 167 g/mol. The normalized spacial score (nSPS) is 10.3. The standard InChI is InChI=1S/C8H7BN2O2/c12-9(13)8-4-3-6-7(11-8)2-1-5-10-6/h1-5,12-13H. The van der Waals surface area contributed by atoms with Crippen LogP contribution in [0.5, 0.6) is 0 Å². The molecule has 2 rings (SSSR count). The smallest absolute Gasteiger partial charge is 0.422 e. The lowest BCUT2D eigenvalue weighted by Crippen LogP contribution is -2.32. The van der Waals surface area contributed by atoms with Gasteiger partial charge in [-0.25, -0.2) is 0 Å². The van der Waals surface area contributed by atoms with Crippen LogP contribution in [0, 0.1) is 0 Å². The molecule has 0 aliphatic heterocycles. The second-order valence-corrected chi connectivity index (χ2v) is 2.65. The van der Waals surface area contributed by atoms with Crippen molar-refractivity contribution in [3.05, 3.63) is 30.5 Å². The van der Waals surface area contributed by atoms with E-state index < -0.39 is 7.12 Å². The van der Waals surface area contributed by atoms with E-state index >= 15 is 0 Å². The summed E-state index contributed by atoms with van der Waals surface area (Å²) >= 11 is 0. The van der Waals surface area contributed by atoms with Crippen molar-refractivity contribution in [1.29, 1.82) is 0 Å². The minimum atomic E-state index is -1.52. The first-order chi connectivity index (χ1) is 6.27. The molecule has 0 saturated heterocycles. The molecule has 0 amide bonds. The Morgan fingerprint density at radius 1 is 1.08 bits per heavy atom. The molecule has 0 saturated carbocycles. The summed E-state index contributed by atoms with van der Waals surface area (Å²) in [5.41, 5.74) is 1.64. The average molecular weight is 174 g/mol. The Morgan fingerprint density at radius 3 is 2.69 bits per heavy atom. The second kappa shape index (κ2) is 3.12. The molecule has 2 aromatic heterocycles. The van der Waals surface area contributed by atoms with Gasteiger partial charge in [0.25, 0.3) is 0 Å². The highest BCUT2D eigenvalue weighted by molar-refractivity contribution is 6.57. The van der Waals surface area contributed by atoms with Gasteiger partial charge in [0.15, 0.2) is 0 Å². The van der Waals surface area contributed by atoms with Crippen LogP contribution in [0.1, 0.15) is 0 Å². The zero-order valence-electron chi connectivity index (χ0n) is 6.75. The Labute approximate surface area is 75.0 Å². The third-order valence-electron chi connectivity index (χ3n) is 1.74. The van der Waals surface area contributed by atoms with Crippen LogP contribution in [0.2, 0.25) is 0 Å². The number of aromatic nitrogens is 2. The van der Waals surface area contributed by atoms with Gasteiger partial charge >= 0.3 is 7.12 Å². The SMILES string of the molecule is OB(O)c1ccc2ncccc2n1. The first-order valence-electron chi connectivity index (χ1n) is 3.85. The molecular formula is C8H7BN2O2. The molecule has 0 fully saturated rings. The van der Waals surface area contributed by atoms with Gasteiger partial charge in [-0.2, -0.15) is 0 Å². The number of rotatable bonds is 1. The van der Waals surface area contributed by atoms with Crippen molar-refractivity contribution in [3.8, 4) is 0 Å². The Hall–Kier alpha value is -1.46. The van der Waals surface area contributed by atoms with Crippen LogP contribution >= 0.6 is 0 Å². The largest absolute Gasteiger partial charge is 0.508 e. The average Bonchev–Trinajstić information content (AvgIpc) is 2.17. The fourth-order valence-electron chi connectivity index (χ4n) is 1.12. The summed E-state index contributed by atoms with van der Waals surface area (Å²) in [6, 6.07) is 6.77. The van der Waals surface area contributed by atoms with Crippen molar-refractivity contribution in [1.82, 2.24) is 9.97 Å². The molecule has 5 heteroatoms. The molecule has 0 unspecified atom stereocenters. The van der Waals surface area contributed by atoms with Crippen molar-refractivity contribution < 1.29 is 10.0 Å². The first kappa shape index (κ1) is 8.16. The third-order valence-corrected chi connectivity index (χ3v) is 1.74. The van der Waals surface area contributed by atoms with E-state index in [1.165, 1.54) is 0 Å². The van der Waals surface area contributed by atoms with E-state index in [1.807, 2.05) is 0 Å². The van der Waals surface area contributed by atoms with Crippen molar-refractivity contribution in [2.24, 2.45) is 0 Å². The molecule has 0 aliphatic rings. The van der Waals surface area contributed by atoms with Gasteiger partial charge in [-0.05, 0) is 24.3 Å². The quantitative estimate of drug-likeness (QED) is 0.561. The maximum Gasteiger partial charge on any atom is 0.508 e. The first-order valence-corrected chi connectivity index (χ1v) is 3.85. The number of nitrogens with zero attached hydrogens (tertiary/aromatic N) is 2. The van der Waals surface area contributed by atoms with Crippen LogP contribution in [-0.4, -0.2) is 27.1 Å². The highest BCUT2D eigenvalue weighted by Crippen LogP contribution is 2.04. The Morgan fingerprint density at radius 2 is 1.92 bits per heavy atom. The lowest BCUT2D eigenvalue weighted by molar-refractivity contribution is 0.424. The van der Waals surface area contributed by atoms with E-state index in [0.29, 0.717) is 5.52 Å². The van der Waals surface area contributed by atoms with Crippen LogP contribution in [-0.2, 0) is 0 Å². The third kappa shape index (κ3) is 1.51. The van der Waals surface area contributed by atoms with Crippen LogP contribution in [0.25, 0.3) is 11.0 Å². The van der Waals surface area contributed by atoms with Gasteiger partial charge in [0.1, 0.15) is 0 Å². The van der Waals surface area contributed by atoms with Crippen molar-refractivity contribution in [2.45, 2.75) is 0 Å². The molecule has 64 valence electrons. The van der Waals surface area contributed by atoms with E-state index in [0.717, 1.165) is 5.52 Å². The number of pyridine rings is 2. The van der Waals surface area contributed by atoms with Crippen LogP contribution in [0.4, 0.5) is 0 Å². The summed E-state index contributed by atoms with van der Waals surface area (Å²) in [5.74, 6) is 0. The summed E-state index contributed by atoms with van der Waals surface area (Å²) in [7, 11) is -1.52. The lowest BCUT2D eigenvalue weighted by atomic mass is 9.85. The summed E-state index contributed by atoms with van der Waals surface area (Å²) in [5, 5.41) is 17.7. The molecule has 0 atom stereocenters. The maximum atomic E-state index is 8.86. The molecule has 2 heterocycles. The van der Waals surface area contributed by atoms with Gasteiger partial charge in [0.05, 0.1) is 16.6 Å². The zero-order valence-corrected chi connectivity index (χ0v) is 6.75. The van der Waals surface area contributed by atoms with Gasteiger partial charge in [-0.1, -0.05) is 0 Å². The lowest BCUT2D eigenvalue weighted by Gasteiger charge is -1.99. The predicted molar refractivity (Wildman–Crippen MR) is 49.4 cm³/mol. The van der Waals surface area contributed by atoms with E-state index in [4.69, 9.17) is 10.0 Å². The summed E-state index contributed by atoms with van der Waals surface area (Å²) in [6.45, 7) is 0. The minimum absolute atomic E-state index is 0.237. The Kier molecular flexibility index (Phi) is 1.96.